The number of rotatable bonds is 5. The molecule has 0 spiro atoms. The summed E-state index contributed by atoms with van der Waals surface area (Å²) in [6, 6.07) is 7.79. The molecule has 0 radical (unpaired) electrons. The monoisotopic (exact) mass is 304 g/mol. The summed E-state index contributed by atoms with van der Waals surface area (Å²) in [6.07, 6.45) is -14.5. The molecule has 0 fully saturated rings. The molecule has 0 amide bonds. The van der Waals surface area contributed by atoms with E-state index < -0.39 is 37.5 Å². The minimum absolute atomic E-state index is 0.288. The number of benzene rings is 1. The molecule has 20 heavy (non-hydrogen) atoms. The first-order valence-electron chi connectivity index (χ1n) is 5.58. The molecule has 8 heteroatoms. The Balaban J connectivity index is 2.57. The van der Waals surface area contributed by atoms with E-state index in [2.05, 4.69) is 0 Å². The average molecular weight is 304 g/mol. The highest BCUT2D eigenvalue weighted by Gasteiger charge is 2.71. The molecule has 0 aliphatic heterocycles. The van der Waals surface area contributed by atoms with Crippen molar-refractivity contribution in [2.45, 2.75) is 30.9 Å². The molecule has 0 unspecified atom stereocenters. The molecule has 1 rings (SSSR count). The Labute approximate surface area is 110 Å². The predicted octanol–water partition coefficient (Wildman–Crippen LogP) is 4.68. The maximum Gasteiger partial charge on any atom is 0.431 e. The highest BCUT2D eigenvalue weighted by atomic mass is 19.4. The molecule has 0 saturated heterocycles. The Bertz CT molecular complexity index is 396. The number of alkyl halides is 7. The van der Waals surface area contributed by atoms with Gasteiger partial charge in [0.1, 0.15) is 5.75 Å². The zero-order valence-electron chi connectivity index (χ0n) is 10.1. The number of para-hydroxylation sites is 1. The minimum Gasteiger partial charge on any atom is -0.494 e. The fraction of sp³-hybridized carbons (Fsp3) is 0.500. The first-order chi connectivity index (χ1) is 9.08. The topological polar surface area (TPSA) is 9.23 Å². The van der Waals surface area contributed by atoms with Gasteiger partial charge in [-0.1, -0.05) is 18.2 Å². The lowest BCUT2D eigenvalue weighted by molar-refractivity contribution is -0.343. The van der Waals surface area contributed by atoms with Crippen molar-refractivity contribution in [1.29, 1.82) is 0 Å². The van der Waals surface area contributed by atoms with Gasteiger partial charge < -0.3 is 4.74 Å². The summed E-state index contributed by atoms with van der Waals surface area (Å²) in [6.45, 7) is -0.443. The Morgan fingerprint density at radius 3 is 1.75 bits per heavy atom. The van der Waals surface area contributed by atoms with Crippen molar-refractivity contribution in [3.63, 3.8) is 0 Å². The zero-order chi connectivity index (χ0) is 15.4. The molecule has 0 aliphatic carbocycles. The summed E-state index contributed by atoms with van der Waals surface area (Å²) in [5.41, 5.74) is -5.21. The summed E-state index contributed by atoms with van der Waals surface area (Å²) in [7, 11) is 0. The predicted molar refractivity (Wildman–Crippen MR) is 57.1 cm³/mol. The first-order valence-corrected chi connectivity index (χ1v) is 5.58. The third kappa shape index (κ3) is 3.77. The van der Waals surface area contributed by atoms with E-state index in [1.807, 2.05) is 0 Å². The number of ether oxygens (including phenoxy) is 1. The van der Waals surface area contributed by atoms with Gasteiger partial charge in [-0.05, 0) is 18.6 Å². The summed E-state index contributed by atoms with van der Waals surface area (Å²) in [5, 5.41) is 0. The lowest BCUT2D eigenvalue weighted by Crippen LogP contribution is -2.53. The van der Waals surface area contributed by atoms with Crippen molar-refractivity contribution < 1.29 is 35.5 Å². The van der Waals surface area contributed by atoms with Gasteiger partial charge in [0.2, 0.25) is 0 Å². The normalized spacial score (nSPS) is 13.3. The van der Waals surface area contributed by atoms with E-state index in [4.69, 9.17) is 4.74 Å². The summed E-state index contributed by atoms with van der Waals surface area (Å²) in [4.78, 5) is 0. The van der Waals surface area contributed by atoms with E-state index in [1.54, 1.807) is 18.2 Å². The van der Waals surface area contributed by atoms with E-state index in [1.165, 1.54) is 12.1 Å². The largest absolute Gasteiger partial charge is 0.494 e. The van der Waals surface area contributed by atoms with E-state index in [9.17, 15) is 30.7 Å². The van der Waals surface area contributed by atoms with Crippen LogP contribution in [0.25, 0.3) is 0 Å². The van der Waals surface area contributed by atoms with Crippen LogP contribution >= 0.6 is 0 Å². The molecule has 1 aromatic carbocycles. The molecule has 1 aromatic rings. The van der Waals surface area contributed by atoms with Gasteiger partial charge in [0.05, 0.1) is 6.61 Å². The van der Waals surface area contributed by atoms with Crippen molar-refractivity contribution in [3.8, 4) is 5.75 Å². The van der Waals surface area contributed by atoms with E-state index in [-0.39, 0.29) is 5.75 Å². The van der Waals surface area contributed by atoms with Crippen LogP contribution in [0.1, 0.15) is 12.8 Å². The molecular formula is C12H11F7O. The highest BCUT2D eigenvalue weighted by Crippen LogP contribution is 2.48. The molecule has 0 aromatic heterocycles. The summed E-state index contributed by atoms with van der Waals surface area (Å²) < 4.78 is 91.4. The van der Waals surface area contributed by atoms with Crippen LogP contribution in [-0.2, 0) is 0 Å². The Morgan fingerprint density at radius 2 is 1.30 bits per heavy atom. The first kappa shape index (κ1) is 16.6. The van der Waals surface area contributed by atoms with Crippen LogP contribution in [0.5, 0.6) is 5.75 Å². The standard InChI is InChI=1S/C12H11F7O/c13-10(11(14,15)16,12(17,18)19)7-4-8-20-9-5-2-1-3-6-9/h1-3,5-6H,4,7-8H2. The minimum atomic E-state index is -6.00. The lowest BCUT2D eigenvalue weighted by atomic mass is 9.98. The Morgan fingerprint density at radius 1 is 0.800 bits per heavy atom. The fourth-order valence-electron chi connectivity index (χ4n) is 1.47. The smallest absolute Gasteiger partial charge is 0.431 e. The highest BCUT2D eigenvalue weighted by molar-refractivity contribution is 5.20. The van der Waals surface area contributed by atoms with Crippen LogP contribution in [0.4, 0.5) is 30.7 Å². The maximum absolute atomic E-state index is 13.2. The Hall–Kier alpha value is -1.47. The molecule has 1 nitrogen and oxygen atoms in total. The van der Waals surface area contributed by atoms with Crippen molar-refractivity contribution in [2.24, 2.45) is 0 Å². The van der Waals surface area contributed by atoms with Gasteiger partial charge in [0, 0.05) is 6.42 Å². The zero-order valence-corrected chi connectivity index (χ0v) is 10.1. The number of hydrogen-bond acceptors (Lipinski definition) is 1. The molecule has 114 valence electrons. The average Bonchev–Trinajstić information content (AvgIpc) is 2.33. The lowest BCUT2D eigenvalue weighted by Gasteiger charge is -2.29. The molecule has 0 heterocycles. The van der Waals surface area contributed by atoms with Gasteiger partial charge in [0.15, 0.2) is 0 Å². The van der Waals surface area contributed by atoms with E-state index >= 15 is 0 Å². The molecule has 0 N–H and O–H groups in total. The Kier molecular flexibility index (Phi) is 4.88. The summed E-state index contributed by atoms with van der Waals surface area (Å²) in [5.74, 6) is 0.288. The van der Waals surface area contributed by atoms with Gasteiger partial charge in [-0.25, -0.2) is 4.39 Å². The van der Waals surface area contributed by atoms with Gasteiger partial charge in [-0.2, -0.15) is 26.3 Å². The second-order valence-corrected chi connectivity index (χ2v) is 4.06. The van der Waals surface area contributed by atoms with Crippen molar-refractivity contribution >= 4 is 0 Å². The number of hydrogen-bond donors (Lipinski definition) is 0. The third-order valence-corrected chi connectivity index (χ3v) is 2.58. The molecule has 0 bridgehead atoms. The molecule has 0 saturated carbocycles. The van der Waals surface area contributed by atoms with Crippen LogP contribution in [0.15, 0.2) is 30.3 Å². The van der Waals surface area contributed by atoms with E-state index in [0.29, 0.717) is 0 Å². The van der Waals surface area contributed by atoms with Crippen LogP contribution in [0.2, 0.25) is 0 Å². The van der Waals surface area contributed by atoms with Crippen LogP contribution in [-0.4, -0.2) is 24.6 Å². The van der Waals surface area contributed by atoms with E-state index in [0.717, 1.165) is 0 Å². The van der Waals surface area contributed by atoms with Crippen molar-refractivity contribution in [1.82, 2.24) is 0 Å². The maximum atomic E-state index is 13.2. The third-order valence-electron chi connectivity index (χ3n) is 2.58. The van der Waals surface area contributed by atoms with Gasteiger partial charge in [-0.15, -0.1) is 0 Å². The van der Waals surface area contributed by atoms with Crippen LogP contribution < -0.4 is 4.74 Å². The molecule has 0 aliphatic rings. The fourth-order valence-corrected chi connectivity index (χ4v) is 1.47. The molecule has 0 atom stereocenters. The van der Waals surface area contributed by atoms with Crippen LogP contribution in [0, 0.1) is 0 Å². The number of halogens is 7. The van der Waals surface area contributed by atoms with Gasteiger partial charge >= 0.3 is 12.4 Å². The van der Waals surface area contributed by atoms with Crippen molar-refractivity contribution in [3.05, 3.63) is 30.3 Å². The SMILES string of the molecule is FC(F)(F)C(F)(CCCOc1ccccc1)C(F)(F)F. The molecular weight excluding hydrogens is 293 g/mol. The van der Waals surface area contributed by atoms with Crippen LogP contribution in [0.3, 0.4) is 0 Å². The van der Waals surface area contributed by atoms with Crippen molar-refractivity contribution in [2.75, 3.05) is 6.61 Å². The second kappa shape index (κ2) is 5.88. The van der Waals surface area contributed by atoms with Gasteiger partial charge in [0.25, 0.3) is 5.67 Å². The summed E-state index contributed by atoms with van der Waals surface area (Å²) >= 11 is 0. The quantitative estimate of drug-likeness (QED) is 0.567. The second-order valence-electron chi connectivity index (χ2n) is 4.06. The van der Waals surface area contributed by atoms with Gasteiger partial charge in [-0.3, -0.25) is 0 Å².